The Balaban J connectivity index is 1.39. The van der Waals surface area contributed by atoms with Crippen molar-refractivity contribution in [3.05, 3.63) is 100.0 Å². The van der Waals surface area contributed by atoms with Crippen molar-refractivity contribution in [2.75, 3.05) is 7.11 Å². The van der Waals surface area contributed by atoms with E-state index in [1.807, 2.05) is 67.6 Å². The molecule has 0 aliphatic heterocycles. The molecule has 0 bridgehead atoms. The molecule has 0 aliphatic carbocycles. The molecule has 0 unspecified atom stereocenters. The van der Waals surface area contributed by atoms with E-state index >= 15 is 0 Å². The number of nitrogens with one attached hydrogen (secondary N) is 1. The molecule has 7 nitrogen and oxygen atoms in total. The average Bonchev–Trinajstić information content (AvgIpc) is 2.85. The van der Waals surface area contributed by atoms with E-state index in [4.69, 9.17) is 9.47 Å². The number of aromatic nitrogens is 2. The SMILES string of the molecule is COc1cc(CNC(=O)Cn2nc(C)c3ccccc3c2=O)ccc1OCc1ccccc1. The summed E-state index contributed by atoms with van der Waals surface area (Å²) in [6.45, 7) is 2.39. The first kappa shape index (κ1) is 22.1. The first-order valence-corrected chi connectivity index (χ1v) is 10.6. The van der Waals surface area contributed by atoms with E-state index in [9.17, 15) is 9.59 Å². The number of hydrogen-bond donors (Lipinski definition) is 1. The van der Waals surface area contributed by atoms with Crippen LogP contribution in [0.3, 0.4) is 0 Å². The number of amides is 1. The Hall–Kier alpha value is -4.13. The maximum Gasteiger partial charge on any atom is 0.275 e. The van der Waals surface area contributed by atoms with Gasteiger partial charge in [0, 0.05) is 11.9 Å². The Morgan fingerprint density at radius 1 is 0.939 bits per heavy atom. The van der Waals surface area contributed by atoms with Crippen LogP contribution in [0.25, 0.3) is 10.8 Å². The van der Waals surface area contributed by atoms with Crippen molar-refractivity contribution in [2.24, 2.45) is 0 Å². The van der Waals surface area contributed by atoms with Crippen molar-refractivity contribution in [2.45, 2.75) is 26.6 Å². The van der Waals surface area contributed by atoms with Crippen molar-refractivity contribution < 1.29 is 14.3 Å². The molecule has 0 fully saturated rings. The van der Waals surface area contributed by atoms with Gasteiger partial charge in [-0.3, -0.25) is 9.59 Å². The van der Waals surface area contributed by atoms with Gasteiger partial charge in [0.1, 0.15) is 13.2 Å². The van der Waals surface area contributed by atoms with Crippen LogP contribution in [0.2, 0.25) is 0 Å². The van der Waals surface area contributed by atoms with Crippen LogP contribution in [0.15, 0.2) is 77.6 Å². The second kappa shape index (κ2) is 9.99. The zero-order valence-electron chi connectivity index (χ0n) is 18.6. The maximum absolute atomic E-state index is 12.7. The smallest absolute Gasteiger partial charge is 0.275 e. The highest BCUT2D eigenvalue weighted by atomic mass is 16.5. The fraction of sp³-hybridized carbons (Fsp3) is 0.192. The van der Waals surface area contributed by atoms with Crippen LogP contribution >= 0.6 is 0 Å². The molecule has 0 radical (unpaired) electrons. The lowest BCUT2D eigenvalue weighted by molar-refractivity contribution is -0.122. The number of rotatable bonds is 8. The highest BCUT2D eigenvalue weighted by Crippen LogP contribution is 2.28. The van der Waals surface area contributed by atoms with Crippen LogP contribution < -0.4 is 20.3 Å². The molecule has 1 aromatic heterocycles. The third-order valence-electron chi connectivity index (χ3n) is 5.30. The van der Waals surface area contributed by atoms with Gasteiger partial charge >= 0.3 is 0 Å². The zero-order chi connectivity index (χ0) is 23.2. The third kappa shape index (κ3) is 5.20. The summed E-state index contributed by atoms with van der Waals surface area (Å²) >= 11 is 0. The molecule has 1 heterocycles. The maximum atomic E-state index is 12.7. The molecular formula is C26H25N3O4. The molecular weight excluding hydrogens is 418 g/mol. The Morgan fingerprint density at radius 2 is 1.67 bits per heavy atom. The van der Waals surface area contributed by atoms with Gasteiger partial charge in [0.25, 0.3) is 5.56 Å². The molecule has 4 rings (SSSR count). The van der Waals surface area contributed by atoms with E-state index < -0.39 is 0 Å². The Labute approximate surface area is 191 Å². The summed E-state index contributed by atoms with van der Waals surface area (Å²) in [7, 11) is 1.58. The fourth-order valence-electron chi connectivity index (χ4n) is 3.58. The lowest BCUT2D eigenvalue weighted by Crippen LogP contribution is -2.33. The summed E-state index contributed by atoms with van der Waals surface area (Å²) in [6, 6.07) is 22.6. The molecule has 3 aromatic carbocycles. The highest BCUT2D eigenvalue weighted by Gasteiger charge is 2.12. The molecule has 168 valence electrons. The number of aryl methyl sites for hydroxylation is 1. The van der Waals surface area contributed by atoms with Gasteiger partial charge < -0.3 is 14.8 Å². The number of nitrogens with zero attached hydrogens (tertiary/aromatic N) is 2. The molecule has 1 N–H and O–H groups in total. The number of benzene rings is 3. The largest absolute Gasteiger partial charge is 0.493 e. The van der Waals surface area contributed by atoms with E-state index in [-0.39, 0.29) is 24.6 Å². The van der Waals surface area contributed by atoms with E-state index in [1.165, 1.54) is 4.68 Å². The van der Waals surface area contributed by atoms with Crippen molar-refractivity contribution in [3.63, 3.8) is 0 Å². The molecule has 1 amide bonds. The van der Waals surface area contributed by atoms with Crippen LogP contribution in [0.5, 0.6) is 11.5 Å². The predicted molar refractivity (Wildman–Crippen MR) is 126 cm³/mol. The minimum absolute atomic E-state index is 0.153. The molecule has 0 spiro atoms. The normalized spacial score (nSPS) is 10.7. The van der Waals surface area contributed by atoms with Crippen molar-refractivity contribution in [3.8, 4) is 11.5 Å². The lowest BCUT2D eigenvalue weighted by Gasteiger charge is -2.13. The van der Waals surface area contributed by atoms with Crippen LogP contribution in [-0.2, 0) is 24.5 Å². The third-order valence-corrected chi connectivity index (χ3v) is 5.30. The van der Waals surface area contributed by atoms with Crippen molar-refractivity contribution >= 4 is 16.7 Å². The zero-order valence-corrected chi connectivity index (χ0v) is 18.6. The number of carbonyl (C=O) groups excluding carboxylic acids is 1. The number of carbonyl (C=O) groups is 1. The topological polar surface area (TPSA) is 82.5 Å². The minimum atomic E-state index is -0.303. The molecule has 4 aromatic rings. The van der Waals surface area contributed by atoms with Gasteiger partial charge in [0.2, 0.25) is 5.91 Å². The predicted octanol–water partition coefficient (Wildman–Crippen LogP) is 3.61. The van der Waals surface area contributed by atoms with E-state index in [2.05, 4.69) is 10.4 Å². The second-order valence-corrected chi connectivity index (χ2v) is 7.63. The second-order valence-electron chi connectivity index (χ2n) is 7.63. The van der Waals surface area contributed by atoms with E-state index in [0.717, 1.165) is 16.5 Å². The summed E-state index contributed by atoms with van der Waals surface area (Å²) in [5.41, 5.74) is 2.33. The van der Waals surface area contributed by atoms with Crippen molar-refractivity contribution in [1.82, 2.24) is 15.1 Å². The molecule has 33 heavy (non-hydrogen) atoms. The lowest BCUT2D eigenvalue weighted by atomic mass is 10.1. The molecule has 0 saturated heterocycles. The fourth-order valence-corrected chi connectivity index (χ4v) is 3.58. The summed E-state index contributed by atoms with van der Waals surface area (Å²) in [4.78, 5) is 25.2. The first-order chi connectivity index (χ1) is 16.0. The van der Waals surface area contributed by atoms with Gasteiger partial charge in [-0.25, -0.2) is 4.68 Å². The average molecular weight is 444 g/mol. The molecule has 0 atom stereocenters. The number of hydrogen-bond acceptors (Lipinski definition) is 5. The van der Waals surface area contributed by atoms with Gasteiger partial charge in [0.15, 0.2) is 11.5 Å². The van der Waals surface area contributed by atoms with Gasteiger partial charge in [-0.1, -0.05) is 54.6 Å². The highest BCUT2D eigenvalue weighted by molar-refractivity contribution is 5.83. The molecule has 7 heteroatoms. The van der Waals surface area contributed by atoms with Crippen LogP contribution in [0, 0.1) is 6.92 Å². The summed E-state index contributed by atoms with van der Waals surface area (Å²) in [5, 5.41) is 8.46. The van der Waals surface area contributed by atoms with Gasteiger partial charge in [-0.05, 0) is 36.2 Å². The van der Waals surface area contributed by atoms with Gasteiger partial charge in [-0.15, -0.1) is 0 Å². The van der Waals surface area contributed by atoms with Gasteiger partial charge in [0.05, 0.1) is 18.2 Å². The Kier molecular flexibility index (Phi) is 6.69. The van der Waals surface area contributed by atoms with E-state index in [0.29, 0.717) is 29.2 Å². The van der Waals surface area contributed by atoms with Gasteiger partial charge in [-0.2, -0.15) is 5.10 Å². The minimum Gasteiger partial charge on any atom is -0.493 e. The quantitative estimate of drug-likeness (QED) is 0.450. The molecule has 0 aliphatic rings. The number of ether oxygens (including phenoxy) is 2. The van der Waals surface area contributed by atoms with Crippen LogP contribution in [0.4, 0.5) is 0 Å². The van der Waals surface area contributed by atoms with Crippen LogP contribution in [-0.4, -0.2) is 22.8 Å². The summed E-state index contributed by atoms with van der Waals surface area (Å²) in [5.74, 6) is 0.905. The summed E-state index contributed by atoms with van der Waals surface area (Å²) < 4.78 is 12.5. The standard InChI is InChI=1S/C26H25N3O4/c1-18-21-10-6-7-11-22(21)26(31)29(28-18)16-25(30)27-15-20-12-13-23(24(14-20)32-2)33-17-19-8-4-3-5-9-19/h3-14H,15-17H2,1-2H3,(H,27,30). The summed E-state index contributed by atoms with van der Waals surface area (Å²) in [6.07, 6.45) is 0. The number of methoxy groups -OCH3 is 1. The Morgan fingerprint density at radius 3 is 2.42 bits per heavy atom. The first-order valence-electron chi connectivity index (χ1n) is 10.6. The Bertz CT molecular complexity index is 1330. The van der Waals surface area contributed by atoms with Crippen LogP contribution in [0.1, 0.15) is 16.8 Å². The van der Waals surface area contributed by atoms with Crippen molar-refractivity contribution in [1.29, 1.82) is 0 Å². The molecule has 0 saturated carbocycles. The van der Waals surface area contributed by atoms with E-state index in [1.54, 1.807) is 19.2 Å². The number of fused-ring (bicyclic) bond motifs is 1. The monoisotopic (exact) mass is 443 g/mol.